The molecule has 0 unspecified atom stereocenters. The second kappa shape index (κ2) is 7.36. The van der Waals surface area contributed by atoms with E-state index in [-0.39, 0.29) is 11.6 Å². The van der Waals surface area contributed by atoms with Crippen LogP contribution in [0, 0.1) is 5.92 Å². The first-order chi connectivity index (χ1) is 11.5. The van der Waals surface area contributed by atoms with Crippen molar-refractivity contribution in [2.75, 3.05) is 23.3 Å². The van der Waals surface area contributed by atoms with Crippen LogP contribution in [0.2, 0.25) is 10.0 Å². The summed E-state index contributed by atoms with van der Waals surface area (Å²) in [6.45, 7) is 4.21. The van der Waals surface area contributed by atoms with E-state index in [0.717, 1.165) is 37.7 Å². The SMILES string of the molecule is CC1CCN(c2ccc(C(=O)Nc3ccc(Cl)cc3Cl)nn2)CC1. The Bertz CT molecular complexity index is 728. The van der Waals surface area contributed by atoms with Crippen molar-refractivity contribution in [3.05, 3.63) is 46.1 Å². The van der Waals surface area contributed by atoms with Gasteiger partial charge < -0.3 is 10.2 Å². The highest BCUT2D eigenvalue weighted by molar-refractivity contribution is 6.36. The first kappa shape index (κ1) is 17.0. The van der Waals surface area contributed by atoms with Crippen LogP contribution >= 0.6 is 23.2 Å². The zero-order valence-corrected chi connectivity index (χ0v) is 14.8. The Labute approximate surface area is 151 Å². The van der Waals surface area contributed by atoms with Crippen LogP contribution < -0.4 is 10.2 Å². The molecule has 2 aromatic rings. The van der Waals surface area contributed by atoms with Crippen LogP contribution in [-0.4, -0.2) is 29.2 Å². The van der Waals surface area contributed by atoms with Crippen LogP contribution in [0.4, 0.5) is 11.5 Å². The number of hydrogen-bond acceptors (Lipinski definition) is 4. The monoisotopic (exact) mass is 364 g/mol. The van der Waals surface area contributed by atoms with Crippen LogP contribution in [0.5, 0.6) is 0 Å². The fraction of sp³-hybridized carbons (Fsp3) is 0.353. The molecule has 126 valence electrons. The number of carbonyl (C=O) groups excluding carboxylic acids is 1. The minimum Gasteiger partial charge on any atom is -0.355 e. The van der Waals surface area contributed by atoms with Gasteiger partial charge in [-0.3, -0.25) is 4.79 Å². The van der Waals surface area contributed by atoms with Gasteiger partial charge in [-0.1, -0.05) is 30.1 Å². The summed E-state index contributed by atoms with van der Waals surface area (Å²) in [5, 5.41) is 11.8. The van der Waals surface area contributed by atoms with Gasteiger partial charge in [-0.25, -0.2) is 0 Å². The van der Waals surface area contributed by atoms with E-state index in [1.54, 1.807) is 24.3 Å². The molecular weight excluding hydrogens is 347 g/mol. The lowest BCUT2D eigenvalue weighted by atomic mass is 9.99. The van der Waals surface area contributed by atoms with E-state index in [1.165, 1.54) is 0 Å². The highest BCUT2D eigenvalue weighted by atomic mass is 35.5. The molecule has 1 aliphatic heterocycles. The van der Waals surface area contributed by atoms with Crippen molar-refractivity contribution in [3.63, 3.8) is 0 Å². The smallest absolute Gasteiger partial charge is 0.276 e. The molecular formula is C17H18Cl2N4O. The number of nitrogens with one attached hydrogen (secondary N) is 1. The van der Waals surface area contributed by atoms with E-state index >= 15 is 0 Å². The van der Waals surface area contributed by atoms with Crippen LogP contribution in [0.15, 0.2) is 30.3 Å². The van der Waals surface area contributed by atoms with Crippen LogP contribution in [0.25, 0.3) is 0 Å². The zero-order valence-electron chi connectivity index (χ0n) is 13.3. The Morgan fingerprint density at radius 3 is 2.54 bits per heavy atom. The van der Waals surface area contributed by atoms with Gasteiger partial charge in [0.25, 0.3) is 5.91 Å². The molecule has 0 aliphatic carbocycles. The molecule has 1 N–H and O–H groups in total. The Morgan fingerprint density at radius 1 is 1.17 bits per heavy atom. The summed E-state index contributed by atoms with van der Waals surface area (Å²) in [5.41, 5.74) is 0.733. The summed E-state index contributed by atoms with van der Waals surface area (Å²) < 4.78 is 0. The third-order valence-corrected chi connectivity index (χ3v) is 4.72. The van der Waals surface area contributed by atoms with E-state index in [9.17, 15) is 4.79 Å². The predicted octanol–water partition coefficient (Wildman–Crippen LogP) is 4.27. The van der Waals surface area contributed by atoms with Crippen molar-refractivity contribution in [2.45, 2.75) is 19.8 Å². The van der Waals surface area contributed by atoms with Gasteiger partial charge in [0, 0.05) is 18.1 Å². The minimum absolute atomic E-state index is 0.246. The molecule has 1 aromatic carbocycles. The van der Waals surface area contributed by atoms with E-state index in [1.807, 2.05) is 6.07 Å². The molecule has 3 rings (SSSR count). The third kappa shape index (κ3) is 3.97. The molecule has 1 fully saturated rings. The average molecular weight is 365 g/mol. The number of rotatable bonds is 3. The molecule has 1 aromatic heterocycles. The van der Waals surface area contributed by atoms with E-state index < -0.39 is 0 Å². The van der Waals surface area contributed by atoms with Gasteiger partial charge in [-0.15, -0.1) is 10.2 Å². The molecule has 1 amide bonds. The molecule has 24 heavy (non-hydrogen) atoms. The normalized spacial score (nSPS) is 15.4. The van der Waals surface area contributed by atoms with E-state index in [4.69, 9.17) is 23.2 Å². The number of benzene rings is 1. The Hall–Kier alpha value is -1.85. The first-order valence-corrected chi connectivity index (χ1v) is 8.63. The second-order valence-electron chi connectivity index (χ2n) is 6.02. The fourth-order valence-corrected chi connectivity index (χ4v) is 3.09. The number of carbonyl (C=O) groups is 1. The molecule has 5 nitrogen and oxygen atoms in total. The van der Waals surface area contributed by atoms with Crippen molar-refractivity contribution in [2.24, 2.45) is 5.92 Å². The number of anilines is 2. The van der Waals surface area contributed by atoms with E-state index in [0.29, 0.717) is 15.7 Å². The molecule has 0 atom stereocenters. The topological polar surface area (TPSA) is 58.1 Å². The van der Waals surface area contributed by atoms with Crippen LogP contribution in [0.1, 0.15) is 30.3 Å². The summed E-state index contributed by atoms with van der Waals surface area (Å²) in [5.74, 6) is 1.21. The van der Waals surface area contributed by atoms with Crippen molar-refractivity contribution in [1.82, 2.24) is 10.2 Å². The van der Waals surface area contributed by atoms with E-state index in [2.05, 4.69) is 27.3 Å². The van der Waals surface area contributed by atoms with Crippen LogP contribution in [0.3, 0.4) is 0 Å². The van der Waals surface area contributed by atoms with Gasteiger partial charge in [0.05, 0.1) is 10.7 Å². The van der Waals surface area contributed by atoms with Gasteiger partial charge >= 0.3 is 0 Å². The van der Waals surface area contributed by atoms with Crippen LogP contribution in [-0.2, 0) is 0 Å². The van der Waals surface area contributed by atoms with Crippen molar-refractivity contribution in [3.8, 4) is 0 Å². The Kier molecular flexibility index (Phi) is 5.21. The van der Waals surface area contributed by atoms with Crippen molar-refractivity contribution < 1.29 is 4.79 Å². The molecule has 7 heteroatoms. The van der Waals surface area contributed by atoms with Gasteiger partial charge in [0.1, 0.15) is 0 Å². The lowest BCUT2D eigenvalue weighted by Gasteiger charge is -2.30. The fourth-order valence-electron chi connectivity index (χ4n) is 2.63. The average Bonchev–Trinajstić information content (AvgIpc) is 2.58. The zero-order chi connectivity index (χ0) is 17.1. The van der Waals surface area contributed by atoms with Crippen molar-refractivity contribution >= 4 is 40.6 Å². The van der Waals surface area contributed by atoms with Gasteiger partial charge in [0.2, 0.25) is 0 Å². The maximum absolute atomic E-state index is 12.3. The summed E-state index contributed by atoms with van der Waals surface area (Å²) in [7, 11) is 0. The number of hydrogen-bond donors (Lipinski definition) is 1. The quantitative estimate of drug-likeness (QED) is 0.883. The Balaban J connectivity index is 1.67. The highest BCUT2D eigenvalue weighted by Gasteiger charge is 2.18. The number of piperidine rings is 1. The molecule has 1 saturated heterocycles. The number of amides is 1. The minimum atomic E-state index is -0.356. The highest BCUT2D eigenvalue weighted by Crippen LogP contribution is 2.26. The first-order valence-electron chi connectivity index (χ1n) is 7.88. The van der Waals surface area contributed by atoms with Gasteiger partial charge in [-0.2, -0.15) is 0 Å². The molecule has 0 saturated carbocycles. The predicted molar refractivity (Wildman–Crippen MR) is 97.1 cm³/mol. The largest absolute Gasteiger partial charge is 0.355 e. The summed E-state index contributed by atoms with van der Waals surface area (Å²) in [6.07, 6.45) is 2.30. The molecule has 0 bridgehead atoms. The summed E-state index contributed by atoms with van der Waals surface area (Å²) in [4.78, 5) is 14.5. The maximum atomic E-state index is 12.3. The molecule has 2 heterocycles. The standard InChI is InChI=1S/C17H18Cl2N4O/c1-11-6-8-23(9-7-11)16-5-4-15(21-22-16)17(24)20-14-3-2-12(18)10-13(14)19/h2-5,10-11H,6-9H2,1H3,(H,20,24). The number of aromatic nitrogens is 2. The molecule has 0 spiro atoms. The summed E-state index contributed by atoms with van der Waals surface area (Å²) in [6, 6.07) is 8.40. The summed E-state index contributed by atoms with van der Waals surface area (Å²) >= 11 is 11.9. The third-order valence-electron chi connectivity index (χ3n) is 4.17. The lowest BCUT2D eigenvalue weighted by Crippen LogP contribution is -2.33. The molecule has 0 radical (unpaired) electrons. The van der Waals surface area contributed by atoms with Gasteiger partial charge in [-0.05, 0) is 49.1 Å². The molecule has 1 aliphatic rings. The Morgan fingerprint density at radius 2 is 1.92 bits per heavy atom. The van der Waals surface area contributed by atoms with Crippen molar-refractivity contribution in [1.29, 1.82) is 0 Å². The number of nitrogens with zero attached hydrogens (tertiary/aromatic N) is 3. The maximum Gasteiger partial charge on any atom is 0.276 e. The lowest BCUT2D eigenvalue weighted by molar-refractivity contribution is 0.102. The van der Waals surface area contributed by atoms with Gasteiger partial charge in [0.15, 0.2) is 11.5 Å². The second-order valence-corrected chi connectivity index (χ2v) is 6.87. The number of halogens is 2.